The van der Waals surface area contributed by atoms with Crippen molar-refractivity contribution in [3.63, 3.8) is 0 Å². The molecule has 0 aromatic carbocycles. The van der Waals surface area contributed by atoms with Gasteiger partial charge < -0.3 is 33.8 Å². The second-order valence-electron chi connectivity index (χ2n) is 30.2. The van der Waals surface area contributed by atoms with E-state index in [1.807, 2.05) is 0 Å². The van der Waals surface area contributed by atoms with E-state index in [-0.39, 0.29) is 25.7 Å². The molecule has 0 aliphatic heterocycles. The van der Waals surface area contributed by atoms with E-state index in [1.54, 1.807) is 0 Å². The summed E-state index contributed by atoms with van der Waals surface area (Å²) in [4.78, 5) is 73.0. The molecule has 0 aromatic rings. The van der Waals surface area contributed by atoms with Crippen LogP contribution in [0.2, 0.25) is 0 Å². The van der Waals surface area contributed by atoms with Crippen LogP contribution in [0.3, 0.4) is 0 Å². The van der Waals surface area contributed by atoms with Gasteiger partial charge in [0.25, 0.3) is 0 Å². The van der Waals surface area contributed by atoms with Gasteiger partial charge in [0.1, 0.15) is 19.3 Å². The highest BCUT2D eigenvalue weighted by molar-refractivity contribution is 7.47. The zero-order chi connectivity index (χ0) is 74.2. The molecule has 0 heterocycles. The summed E-state index contributed by atoms with van der Waals surface area (Å²) in [6.45, 7) is 9.65. The van der Waals surface area contributed by atoms with Gasteiger partial charge in [0.2, 0.25) is 0 Å². The molecule has 0 aliphatic rings. The van der Waals surface area contributed by atoms with Crippen LogP contribution in [0.5, 0.6) is 0 Å². The summed E-state index contributed by atoms with van der Waals surface area (Å²) in [5.41, 5.74) is 0. The molecule has 19 heteroatoms. The summed E-state index contributed by atoms with van der Waals surface area (Å²) >= 11 is 0. The molecule has 101 heavy (non-hydrogen) atoms. The molecule has 6 atom stereocenters. The van der Waals surface area contributed by atoms with E-state index in [1.165, 1.54) is 250 Å². The Labute approximate surface area is 619 Å². The van der Waals surface area contributed by atoms with Crippen molar-refractivity contribution in [1.82, 2.24) is 0 Å². The number of phosphoric ester groups is 2. The first-order valence-electron chi connectivity index (χ1n) is 42.5. The lowest BCUT2D eigenvalue weighted by Crippen LogP contribution is -2.30. The molecule has 17 nitrogen and oxygen atoms in total. The lowest BCUT2D eigenvalue weighted by atomic mass is 9.99. The van der Waals surface area contributed by atoms with Crippen molar-refractivity contribution in [2.24, 2.45) is 11.8 Å². The smallest absolute Gasteiger partial charge is 0.462 e. The van der Waals surface area contributed by atoms with Gasteiger partial charge in [-0.2, -0.15) is 0 Å². The zero-order valence-corrected chi connectivity index (χ0v) is 68.0. The van der Waals surface area contributed by atoms with E-state index < -0.39 is 97.5 Å². The number of hydrogen-bond acceptors (Lipinski definition) is 15. The topological polar surface area (TPSA) is 237 Å². The molecule has 0 amide bonds. The third-order valence-corrected chi connectivity index (χ3v) is 21.5. The molecule has 0 bridgehead atoms. The van der Waals surface area contributed by atoms with E-state index in [0.717, 1.165) is 102 Å². The third-order valence-electron chi connectivity index (χ3n) is 19.6. The van der Waals surface area contributed by atoms with Crippen molar-refractivity contribution in [3.8, 4) is 0 Å². The first-order chi connectivity index (χ1) is 48.9. The quantitative estimate of drug-likeness (QED) is 0.0222. The molecule has 0 spiro atoms. The highest BCUT2D eigenvalue weighted by Crippen LogP contribution is 2.45. The van der Waals surface area contributed by atoms with E-state index in [0.29, 0.717) is 25.7 Å². The van der Waals surface area contributed by atoms with E-state index in [4.69, 9.17) is 37.0 Å². The van der Waals surface area contributed by atoms with Crippen LogP contribution in [0.15, 0.2) is 0 Å². The third kappa shape index (κ3) is 74.7. The van der Waals surface area contributed by atoms with Crippen LogP contribution < -0.4 is 0 Å². The number of aliphatic hydroxyl groups excluding tert-OH is 1. The summed E-state index contributed by atoms with van der Waals surface area (Å²) in [7, 11) is -9.92. The largest absolute Gasteiger partial charge is 0.472 e. The van der Waals surface area contributed by atoms with Crippen molar-refractivity contribution in [1.29, 1.82) is 0 Å². The van der Waals surface area contributed by atoms with Crippen LogP contribution in [0.4, 0.5) is 0 Å². The van der Waals surface area contributed by atoms with Gasteiger partial charge in [-0.05, 0) is 37.5 Å². The van der Waals surface area contributed by atoms with E-state index >= 15 is 0 Å². The predicted octanol–water partition coefficient (Wildman–Crippen LogP) is 24.7. The number of carbonyl (C=O) groups excluding carboxylic acids is 4. The van der Waals surface area contributed by atoms with Gasteiger partial charge in [0, 0.05) is 25.7 Å². The molecule has 0 radical (unpaired) electrons. The Kier molecular flexibility index (Phi) is 72.2. The van der Waals surface area contributed by atoms with Crippen molar-refractivity contribution in [2.75, 3.05) is 39.6 Å². The normalized spacial score (nSPS) is 14.2. The average molecular weight is 1480 g/mol. The lowest BCUT2D eigenvalue weighted by molar-refractivity contribution is -0.161. The summed E-state index contributed by atoms with van der Waals surface area (Å²) in [5.74, 6) is -0.549. The summed E-state index contributed by atoms with van der Waals surface area (Å²) < 4.78 is 68.7. The Bertz CT molecular complexity index is 1940. The van der Waals surface area contributed by atoms with E-state index in [9.17, 15) is 43.2 Å². The van der Waals surface area contributed by atoms with Gasteiger partial charge in [-0.1, -0.05) is 382 Å². The fraction of sp³-hybridized carbons (Fsp3) is 0.951. The standard InChI is InChI=1S/C82H160O17P2/c1-7-10-12-14-16-18-20-21-22-23-24-25-26-27-28-29-32-37-41-48-54-60-66-81(86)98-77(70-93-80(85)65-59-53-47-40-36-33-30-31-35-38-44-50-56-62-74(4)5)72-96-100(88,89)94-68-76(83)69-95-101(90,91)97-73-78(71-92-79(84)64-58-52-46-39-34-19-17-15-13-11-8-2)99-82(87)67-61-55-49-43-42-45-51-57-63-75(6)9-3/h74-78,83H,7-73H2,1-6H3,(H,88,89)(H,90,91)/t75?,76-,77-,78-/m1/s1. The summed E-state index contributed by atoms with van der Waals surface area (Å²) in [5, 5.41) is 10.6. The fourth-order valence-electron chi connectivity index (χ4n) is 12.7. The van der Waals surface area contributed by atoms with Crippen LogP contribution in [0.1, 0.15) is 433 Å². The molecule has 0 aliphatic carbocycles. The molecular formula is C82H160O17P2. The maximum atomic E-state index is 13.1. The summed E-state index contributed by atoms with van der Waals surface area (Å²) in [6.07, 6.45) is 63.9. The Morgan fingerprint density at radius 2 is 0.505 bits per heavy atom. The number of esters is 4. The van der Waals surface area contributed by atoms with Crippen LogP contribution >= 0.6 is 15.6 Å². The van der Waals surface area contributed by atoms with Crippen LogP contribution in [-0.2, 0) is 65.4 Å². The van der Waals surface area contributed by atoms with Crippen LogP contribution in [0.25, 0.3) is 0 Å². The molecule has 0 aromatic heterocycles. The minimum absolute atomic E-state index is 0.105. The minimum Gasteiger partial charge on any atom is -0.462 e. The fourth-order valence-corrected chi connectivity index (χ4v) is 14.3. The summed E-state index contributed by atoms with van der Waals surface area (Å²) in [6, 6.07) is 0. The van der Waals surface area contributed by atoms with Crippen molar-refractivity contribution >= 4 is 39.5 Å². The van der Waals surface area contributed by atoms with Gasteiger partial charge in [-0.3, -0.25) is 37.3 Å². The maximum absolute atomic E-state index is 13.1. The second-order valence-corrected chi connectivity index (χ2v) is 33.1. The second kappa shape index (κ2) is 73.6. The zero-order valence-electron chi connectivity index (χ0n) is 66.2. The van der Waals surface area contributed by atoms with Gasteiger partial charge in [-0.25, -0.2) is 9.13 Å². The number of ether oxygens (including phenoxy) is 4. The van der Waals surface area contributed by atoms with E-state index in [2.05, 4.69) is 41.5 Å². The van der Waals surface area contributed by atoms with Crippen LogP contribution in [0, 0.1) is 11.8 Å². The molecular weight excluding hydrogens is 1320 g/mol. The molecule has 0 saturated carbocycles. The first-order valence-corrected chi connectivity index (χ1v) is 45.5. The number of aliphatic hydroxyl groups is 1. The Balaban J connectivity index is 5.21. The Morgan fingerprint density at radius 3 is 0.752 bits per heavy atom. The van der Waals surface area contributed by atoms with Gasteiger partial charge in [0.05, 0.1) is 26.4 Å². The molecule has 3 N–H and O–H groups in total. The lowest BCUT2D eigenvalue weighted by Gasteiger charge is -2.21. The number of rotatable bonds is 81. The molecule has 600 valence electrons. The van der Waals surface area contributed by atoms with Gasteiger partial charge in [0.15, 0.2) is 12.2 Å². The maximum Gasteiger partial charge on any atom is 0.472 e. The molecule has 0 fully saturated rings. The highest BCUT2D eigenvalue weighted by atomic mass is 31.2. The predicted molar refractivity (Wildman–Crippen MR) is 414 cm³/mol. The number of phosphoric acid groups is 2. The SMILES string of the molecule is CCCCCCCCCCCCCCCCCCCCCCCCC(=O)O[C@H](COC(=O)CCCCCCCCCCCCCCCC(C)C)COP(=O)(O)OC[C@@H](O)COP(=O)(O)OC[C@@H](COC(=O)CCCCCCCCCCCCC)OC(=O)CCCCCCCCCCC(C)CC. The highest BCUT2D eigenvalue weighted by Gasteiger charge is 2.30. The van der Waals surface area contributed by atoms with Crippen molar-refractivity contribution in [2.45, 2.75) is 452 Å². The number of unbranched alkanes of at least 4 members (excludes halogenated alkanes) is 50. The molecule has 3 unspecified atom stereocenters. The molecule has 0 saturated heterocycles. The van der Waals surface area contributed by atoms with Crippen molar-refractivity contribution in [3.05, 3.63) is 0 Å². The number of carbonyl (C=O) groups is 4. The van der Waals surface area contributed by atoms with Gasteiger partial charge in [-0.15, -0.1) is 0 Å². The Morgan fingerprint density at radius 1 is 0.287 bits per heavy atom. The monoisotopic (exact) mass is 1480 g/mol. The molecule has 0 rings (SSSR count). The minimum atomic E-state index is -4.96. The first kappa shape index (κ1) is 99.1. The van der Waals surface area contributed by atoms with Gasteiger partial charge >= 0.3 is 39.5 Å². The van der Waals surface area contributed by atoms with Crippen LogP contribution in [-0.4, -0.2) is 96.7 Å². The van der Waals surface area contributed by atoms with Crippen molar-refractivity contribution < 1.29 is 80.2 Å². The number of hydrogen-bond donors (Lipinski definition) is 3. The Hall–Kier alpha value is -1.94. The average Bonchev–Trinajstić information content (AvgIpc) is 0.934.